The van der Waals surface area contributed by atoms with Crippen LogP contribution < -0.4 is 9.64 Å². The molecule has 0 aliphatic carbocycles. The van der Waals surface area contributed by atoms with Gasteiger partial charge in [0.25, 0.3) is 5.78 Å². The Hall–Kier alpha value is -3.97. The lowest BCUT2D eigenvalue weighted by Gasteiger charge is -2.24. The molecule has 1 aliphatic heterocycles. The molecule has 1 unspecified atom stereocenters. The number of hydrogen-bond acceptors (Lipinski definition) is 6. The molecule has 1 N–H and O–H groups in total. The fraction of sp³-hybridized carbons (Fsp3) is 0.148. The third-order valence-corrected chi connectivity index (χ3v) is 6.96. The second-order valence-corrected chi connectivity index (χ2v) is 9.25. The third-order valence-electron chi connectivity index (χ3n) is 5.94. The number of rotatable bonds is 4. The van der Waals surface area contributed by atoms with E-state index in [9.17, 15) is 14.7 Å². The monoisotopic (exact) mass is 470 g/mol. The molecular weight excluding hydrogens is 448 g/mol. The molecule has 0 radical (unpaired) electrons. The number of benzene rings is 3. The molecular formula is C27H22N2O4S. The predicted molar refractivity (Wildman–Crippen MR) is 133 cm³/mol. The van der Waals surface area contributed by atoms with Crippen LogP contribution in [0.25, 0.3) is 16.0 Å². The number of hydrogen-bond donors (Lipinski definition) is 1. The number of Topliss-reactive ketones (excluding diaryl/α,β-unsaturated/α-hetero) is 1. The van der Waals surface area contributed by atoms with Crippen LogP contribution in [0.3, 0.4) is 0 Å². The van der Waals surface area contributed by atoms with Gasteiger partial charge in [0.15, 0.2) is 5.13 Å². The Morgan fingerprint density at radius 1 is 1.00 bits per heavy atom. The second-order valence-electron chi connectivity index (χ2n) is 8.24. The average Bonchev–Trinajstić information content (AvgIpc) is 3.36. The number of ketones is 1. The highest BCUT2D eigenvalue weighted by Crippen LogP contribution is 2.46. The summed E-state index contributed by atoms with van der Waals surface area (Å²) in [4.78, 5) is 32.8. The number of aliphatic hydroxyl groups is 1. The fourth-order valence-electron chi connectivity index (χ4n) is 4.21. The highest BCUT2D eigenvalue weighted by Gasteiger charge is 2.49. The molecule has 3 aromatic carbocycles. The fourth-order valence-corrected chi connectivity index (χ4v) is 5.30. The summed E-state index contributed by atoms with van der Waals surface area (Å²) in [5.74, 6) is -1.22. The van der Waals surface area contributed by atoms with E-state index in [0.717, 1.165) is 21.3 Å². The van der Waals surface area contributed by atoms with E-state index >= 15 is 0 Å². The molecule has 1 saturated heterocycles. The molecule has 0 bridgehead atoms. The number of anilines is 1. The molecule has 170 valence electrons. The summed E-state index contributed by atoms with van der Waals surface area (Å²) in [7, 11) is 1.53. The minimum Gasteiger partial charge on any atom is -0.507 e. The number of thiazole rings is 1. The van der Waals surface area contributed by atoms with Crippen LogP contribution in [-0.4, -0.2) is 28.9 Å². The molecule has 5 rings (SSSR count). The van der Waals surface area contributed by atoms with E-state index in [-0.39, 0.29) is 11.3 Å². The Morgan fingerprint density at radius 3 is 2.44 bits per heavy atom. The van der Waals surface area contributed by atoms with E-state index in [4.69, 9.17) is 4.74 Å². The molecule has 2 heterocycles. The number of amides is 1. The zero-order valence-electron chi connectivity index (χ0n) is 18.9. The summed E-state index contributed by atoms with van der Waals surface area (Å²) in [6.45, 7) is 3.92. The Balaban J connectivity index is 1.76. The van der Waals surface area contributed by atoms with Crippen molar-refractivity contribution < 1.29 is 19.4 Å². The van der Waals surface area contributed by atoms with E-state index < -0.39 is 17.7 Å². The van der Waals surface area contributed by atoms with Crippen LogP contribution in [0.4, 0.5) is 5.13 Å². The number of ether oxygens (including phenoxy) is 1. The average molecular weight is 471 g/mol. The molecule has 6 nitrogen and oxygen atoms in total. The normalized spacial score (nSPS) is 17.5. The molecule has 0 spiro atoms. The van der Waals surface area contributed by atoms with Gasteiger partial charge < -0.3 is 9.84 Å². The van der Waals surface area contributed by atoms with E-state index in [1.54, 1.807) is 24.3 Å². The summed E-state index contributed by atoms with van der Waals surface area (Å²) >= 11 is 1.33. The molecule has 1 fully saturated rings. The van der Waals surface area contributed by atoms with E-state index in [2.05, 4.69) is 4.98 Å². The van der Waals surface area contributed by atoms with Gasteiger partial charge in [0.2, 0.25) is 0 Å². The van der Waals surface area contributed by atoms with E-state index in [1.165, 1.54) is 23.3 Å². The van der Waals surface area contributed by atoms with Gasteiger partial charge in [-0.25, -0.2) is 4.98 Å². The molecule has 4 aromatic rings. The van der Waals surface area contributed by atoms with Gasteiger partial charge in [0, 0.05) is 11.1 Å². The van der Waals surface area contributed by atoms with Crippen molar-refractivity contribution in [3.63, 3.8) is 0 Å². The van der Waals surface area contributed by atoms with Gasteiger partial charge in [-0.3, -0.25) is 14.5 Å². The molecule has 7 heteroatoms. The van der Waals surface area contributed by atoms with Gasteiger partial charge in [-0.2, -0.15) is 0 Å². The number of carbonyl (C=O) groups is 2. The minimum absolute atomic E-state index is 0.00814. The van der Waals surface area contributed by atoms with Crippen molar-refractivity contribution in [1.29, 1.82) is 0 Å². The van der Waals surface area contributed by atoms with Crippen LogP contribution in [-0.2, 0) is 9.59 Å². The largest absolute Gasteiger partial charge is 0.507 e. The first kappa shape index (κ1) is 21.9. The molecule has 1 aromatic heterocycles. The van der Waals surface area contributed by atoms with Gasteiger partial charge >= 0.3 is 5.91 Å². The maximum atomic E-state index is 13.4. The van der Waals surface area contributed by atoms with Crippen molar-refractivity contribution >= 4 is 44.1 Å². The van der Waals surface area contributed by atoms with Crippen molar-refractivity contribution in [1.82, 2.24) is 4.98 Å². The summed E-state index contributed by atoms with van der Waals surface area (Å²) in [6, 6.07) is 19.3. The lowest BCUT2D eigenvalue weighted by molar-refractivity contribution is -0.132. The van der Waals surface area contributed by atoms with Crippen LogP contribution in [0.2, 0.25) is 0 Å². The van der Waals surface area contributed by atoms with Gasteiger partial charge in [-0.1, -0.05) is 65.4 Å². The molecule has 1 atom stereocenters. The van der Waals surface area contributed by atoms with Crippen molar-refractivity contribution in [3.05, 3.63) is 94.6 Å². The summed E-state index contributed by atoms with van der Waals surface area (Å²) in [5.41, 5.74) is 3.89. The maximum Gasteiger partial charge on any atom is 0.301 e. The zero-order valence-corrected chi connectivity index (χ0v) is 19.7. The summed E-state index contributed by atoms with van der Waals surface area (Å²) < 4.78 is 6.48. The number of methoxy groups -OCH3 is 1. The first-order valence-corrected chi connectivity index (χ1v) is 11.6. The van der Waals surface area contributed by atoms with Crippen molar-refractivity contribution in [3.8, 4) is 5.75 Å². The first-order chi connectivity index (χ1) is 16.4. The van der Waals surface area contributed by atoms with E-state index in [1.807, 2.05) is 56.3 Å². The van der Waals surface area contributed by atoms with Gasteiger partial charge in [0.1, 0.15) is 17.6 Å². The number of aryl methyl sites for hydroxylation is 2. The Bertz CT molecular complexity index is 1470. The number of para-hydroxylation sites is 1. The number of nitrogens with zero attached hydrogens (tertiary/aromatic N) is 2. The Labute approximate surface area is 200 Å². The van der Waals surface area contributed by atoms with Gasteiger partial charge in [0.05, 0.1) is 22.9 Å². The van der Waals surface area contributed by atoms with Crippen molar-refractivity contribution in [2.24, 2.45) is 0 Å². The number of fused-ring (bicyclic) bond motifs is 1. The minimum atomic E-state index is -0.890. The zero-order chi connectivity index (χ0) is 24.0. The standard InChI is InChI=1S/C27H22N2O4S/c1-15-8-11-17(12-9-15)24(30)22-23(18-6-4-5-7-20(18)33-3)29(26(32)25(22)31)27-28-19-13-10-16(2)14-21(19)34-27/h4-14,23,30H,1-3H3. The topological polar surface area (TPSA) is 79.7 Å². The number of aromatic nitrogens is 1. The number of carbonyl (C=O) groups excluding carboxylic acids is 2. The van der Waals surface area contributed by atoms with Crippen molar-refractivity contribution in [2.75, 3.05) is 12.0 Å². The van der Waals surface area contributed by atoms with Crippen LogP contribution in [0, 0.1) is 13.8 Å². The van der Waals surface area contributed by atoms with Gasteiger partial charge in [-0.05, 0) is 37.6 Å². The van der Waals surface area contributed by atoms with Crippen LogP contribution in [0.1, 0.15) is 28.3 Å². The highest BCUT2D eigenvalue weighted by atomic mass is 32.1. The second kappa shape index (κ2) is 8.43. The van der Waals surface area contributed by atoms with E-state index in [0.29, 0.717) is 22.0 Å². The Kier molecular flexibility index (Phi) is 5.42. The molecule has 1 aliphatic rings. The summed E-state index contributed by atoms with van der Waals surface area (Å²) in [5, 5.41) is 11.6. The van der Waals surface area contributed by atoms with Crippen LogP contribution in [0.5, 0.6) is 5.75 Å². The predicted octanol–water partition coefficient (Wildman–Crippen LogP) is 5.55. The SMILES string of the molecule is COc1ccccc1C1C(=C(O)c2ccc(C)cc2)C(=O)C(=O)N1c1nc2ccc(C)cc2s1. The highest BCUT2D eigenvalue weighted by molar-refractivity contribution is 7.22. The first-order valence-electron chi connectivity index (χ1n) is 10.8. The Morgan fingerprint density at radius 2 is 1.71 bits per heavy atom. The van der Waals surface area contributed by atoms with Gasteiger partial charge in [-0.15, -0.1) is 0 Å². The van der Waals surface area contributed by atoms with Crippen LogP contribution >= 0.6 is 11.3 Å². The molecule has 0 saturated carbocycles. The lowest BCUT2D eigenvalue weighted by Crippen LogP contribution is -2.29. The van der Waals surface area contributed by atoms with Crippen molar-refractivity contribution in [2.45, 2.75) is 19.9 Å². The third kappa shape index (κ3) is 3.54. The smallest absolute Gasteiger partial charge is 0.301 e. The maximum absolute atomic E-state index is 13.4. The molecule has 1 amide bonds. The van der Waals surface area contributed by atoms with Crippen LogP contribution in [0.15, 0.2) is 72.3 Å². The lowest BCUT2D eigenvalue weighted by atomic mass is 9.94. The molecule has 34 heavy (non-hydrogen) atoms. The quantitative estimate of drug-likeness (QED) is 0.240. The summed E-state index contributed by atoms with van der Waals surface area (Å²) in [6.07, 6.45) is 0. The number of aliphatic hydroxyl groups excluding tert-OH is 1.